The largest absolute Gasteiger partial charge is 0.327 e. The standard InChI is InChI=1S/C13H12FN5S/c1-8-11(7-15-19(8)2)16-13-18-17-12(20-13)9-3-5-10(14)6-4-9/h3-7H,1-2H3,(H,16,18). The summed E-state index contributed by atoms with van der Waals surface area (Å²) in [5.74, 6) is -0.261. The molecule has 3 rings (SSSR count). The van der Waals surface area contributed by atoms with Crippen LogP contribution in [0.5, 0.6) is 0 Å². The van der Waals surface area contributed by atoms with E-state index in [-0.39, 0.29) is 5.82 Å². The van der Waals surface area contributed by atoms with Gasteiger partial charge in [-0.3, -0.25) is 4.68 Å². The monoisotopic (exact) mass is 289 g/mol. The highest BCUT2D eigenvalue weighted by molar-refractivity contribution is 7.18. The van der Waals surface area contributed by atoms with Crippen molar-refractivity contribution in [2.24, 2.45) is 7.05 Å². The molecule has 1 aromatic carbocycles. The average Bonchev–Trinajstić information content (AvgIpc) is 3.02. The van der Waals surface area contributed by atoms with Crippen molar-refractivity contribution in [3.63, 3.8) is 0 Å². The number of nitrogens with zero attached hydrogens (tertiary/aromatic N) is 4. The maximum Gasteiger partial charge on any atom is 0.210 e. The van der Waals surface area contributed by atoms with Gasteiger partial charge in [0.05, 0.1) is 17.6 Å². The summed E-state index contributed by atoms with van der Waals surface area (Å²) in [6.07, 6.45) is 1.74. The first-order valence-corrected chi connectivity index (χ1v) is 6.80. The molecule has 1 N–H and O–H groups in total. The van der Waals surface area contributed by atoms with Crippen LogP contribution in [-0.2, 0) is 7.05 Å². The van der Waals surface area contributed by atoms with Crippen LogP contribution in [0.2, 0.25) is 0 Å². The molecule has 0 amide bonds. The summed E-state index contributed by atoms with van der Waals surface area (Å²) in [7, 11) is 1.88. The van der Waals surface area contributed by atoms with Crippen LogP contribution in [0.3, 0.4) is 0 Å². The second-order valence-corrected chi connectivity index (χ2v) is 5.29. The summed E-state index contributed by atoms with van der Waals surface area (Å²) < 4.78 is 14.7. The fraction of sp³-hybridized carbons (Fsp3) is 0.154. The number of hydrogen-bond acceptors (Lipinski definition) is 5. The van der Waals surface area contributed by atoms with Crippen LogP contribution in [0.15, 0.2) is 30.5 Å². The highest BCUT2D eigenvalue weighted by Crippen LogP contribution is 2.29. The van der Waals surface area contributed by atoms with Crippen molar-refractivity contribution in [1.29, 1.82) is 0 Å². The maximum atomic E-state index is 12.9. The first-order valence-electron chi connectivity index (χ1n) is 5.98. The van der Waals surface area contributed by atoms with E-state index < -0.39 is 0 Å². The Labute approximate surface area is 119 Å². The third-order valence-corrected chi connectivity index (χ3v) is 3.88. The molecule has 0 spiro atoms. The van der Waals surface area contributed by atoms with Crippen LogP contribution in [0.1, 0.15) is 5.69 Å². The molecule has 2 heterocycles. The minimum absolute atomic E-state index is 0.261. The maximum absolute atomic E-state index is 12.9. The summed E-state index contributed by atoms with van der Waals surface area (Å²) in [5, 5.41) is 17.0. The zero-order chi connectivity index (χ0) is 14.1. The molecule has 0 bridgehead atoms. The van der Waals surface area contributed by atoms with E-state index in [0.717, 1.165) is 22.0 Å². The molecule has 0 saturated heterocycles. The highest BCUT2D eigenvalue weighted by Gasteiger charge is 2.09. The van der Waals surface area contributed by atoms with Crippen LogP contribution in [0.4, 0.5) is 15.2 Å². The molecule has 0 saturated carbocycles. The smallest absolute Gasteiger partial charge is 0.210 e. The molecular weight excluding hydrogens is 277 g/mol. The number of anilines is 2. The zero-order valence-corrected chi connectivity index (χ0v) is 11.8. The first-order chi connectivity index (χ1) is 9.63. The molecule has 7 heteroatoms. The van der Waals surface area contributed by atoms with Crippen molar-refractivity contribution in [3.05, 3.63) is 42.0 Å². The molecule has 5 nitrogen and oxygen atoms in total. The highest BCUT2D eigenvalue weighted by atomic mass is 32.1. The van der Waals surface area contributed by atoms with Gasteiger partial charge in [-0.2, -0.15) is 5.10 Å². The molecule has 0 unspecified atom stereocenters. The molecule has 2 aromatic heterocycles. The summed E-state index contributed by atoms with van der Waals surface area (Å²) in [5.41, 5.74) is 2.76. The molecule has 20 heavy (non-hydrogen) atoms. The fourth-order valence-electron chi connectivity index (χ4n) is 1.72. The molecular formula is C13H12FN5S. The number of rotatable bonds is 3. The van der Waals surface area contributed by atoms with Crippen molar-refractivity contribution in [2.75, 3.05) is 5.32 Å². The van der Waals surface area contributed by atoms with E-state index in [9.17, 15) is 4.39 Å². The van der Waals surface area contributed by atoms with Crippen molar-refractivity contribution in [1.82, 2.24) is 20.0 Å². The second-order valence-electron chi connectivity index (χ2n) is 4.31. The van der Waals surface area contributed by atoms with Crippen molar-refractivity contribution < 1.29 is 4.39 Å². The lowest BCUT2D eigenvalue weighted by molar-refractivity contribution is 0.628. The first kappa shape index (κ1) is 12.7. The van der Waals surface area contributed by atoms with Gasteiger partial charge in [0.2, 0.25) is 5.13 Å². The van der Waals surface area contributed by atoms with Crippen LogP contribution in [0.25, 0.3) is 10.6 Å². The molecule has 0 aliphatic heterocycles. The van der Waals surface area contributed by atoms with Gasteiger partial charge in [-0.05, 0) is 31.2 Å². The van der Waals surface area contributed by atoms with E-state index in [1.54, 1.807) is 23.0 Å². The normalized spacial score (nSPS) is 10.8. The predicted octanol–water partition coefficient (Wildman–Crippen LogP) is 3.13. The number of nitrogens with one attached hydrogen (secondary N) is 1. The number of hydrogen-bond donors (Lipinski definition) is 1. The number of aromatic nitrogens is 4. The van der Waals surface area contributed by atoms with Crippen molar-refractivity contribution in [2.45, 2.75) is 6.92 Å². The number of halogens is 1. The van der Waals surface area contributed by atoms with Gasteiger partial charge in [0.15, 0.2) is 0 Å². The third kappa shape index (κ3) is 2.39. The van der Waals surface area contributed by atoms with Gasteiger partial charge >= 0.3 is 0 Å². The Morgan fingerprint density at radius 2 is 1.95 bits per heavy atom. The zero-order valence-electron chi connectivity index (χ0n) is 11.0. The van der Waals surface area contributed by atoms with Gasteiger partial charge < -0.3 is 5.32 Å². The minimum Gasteiger partial charge on any atom is -0.327 e. The number of aryl methyl sites for hydroxylation is 1. The van der Waals surface area contributed by atoms with Crippen molar-refractivity contribution in [3.8, 4) is 10.6 Å². The number of benzene rings is 1. The van der Waals surface area contributed by atoms with E-state index in [0.29, 0.717) is 5.13 Å². The lowest BCUT2D eigenvalue weighted by Gasteiger charge is -1.99. The molecule has 0 aliphatic carbocycles. The summed E-state index contributed by atoms with van der Waals surface area (Å²) in [6, 6.07) is 6.20. The molecule has 0 atom stereocenters. The van der Waals surface area contributed by atoms with Crippen LogP contribution < -0.4 is 5.32 Å². The second kappa shape index (κ2) is 5.01. The Balaban J connectivity index is 1.83. The Morgan fingerprint density at radius 1 is 1.20 bits per heavy atom. The van der Waals surface area contributed by atoms with Gasteiger partial charge in [0.1, 0.15) is 10.8 Å². The summed E-state index contributed by atoms with van der Waals surface area (Å²) in [4.78, 5) is 0. The van der Waals surface area contributed by atoms with Gasteiger partial charge in [-0.15, -0.1) is 10.2 Å². The van der Waals surface area contributed by atoms with Gasteiger partial charge in [0.25, 0.3) is 0 Å². The Bertz CT molecular complexity index is 732. The molecule has 0 radical (unpaired) electrons. The molecule has 3 aromatic rings. The van der Waals surface area contributed by atoms with Gasteiger partial charge in [-0.25, -0.2) is 4.39 Å². The lowest BCUT2D eigenvalue weighted by atomic mass is 10.2. The predicted molar refractivity (Wildman–Crippen MR) is 76.5 cm³/mol. The SMILES string of the molecule is Cc1c(Nc2nnc(-c3ccc(F)cc3)s2)cnn1C. The third-order valence-electron chi connectivity index (χ3n) is 2.99. The van der Waals surface area contributed by atoms with E-state index >= 15 is 0 Å². The lowest BCUT2D eigenvalue weighted by Crippen LogP contribution is -1.95. The van der Waals surface area contributed by atoms with E-state index in [1.165, 1.54) is 23.5 Å². The van der Waals surface area contributed by atoms with E-state index in [4.69, 9.17) is 0 Å². The molecule has 102 valence electrons. The Morgan fingerprint density at radius 3 is 2.60 bits per heavy atom. The van der Waals surface area contributed by atoms with E-state index in [2.05, 4.69) is 20.6 Å². The van der Waals surface area contributed by atoms with Gasteiger partial charge in [-0.1, -0.05) is 11.3 Å². The molecule has 0 fully saturated rings. The minimum atomic E-state index is -0.261. The molecule has 0 aliphatic rings. The average molecular weight is 289 g/mol. The summed E-state index contributed by atoms with van der Waals surface area (Å²) >= 11 is 1.41. The summed E-state index contributed by atoms with van der Waals surface area (Å²) in [6.45, 7) is 1.97. The van der Waals surface area contributed by atoms with Gasteiger partial charge in [0, 0.05) is 12.6 Å². The van der Waals surface area contributed by atoms with Crippen LogP contribution >= 0.6 is 11.3 Å². The Hall–Kier alpha value is -2.28. The quantitative estimate of drug-likeness (QED) is 0.805. The topological polar surface area (TPSA) is 55.6 Å². The van der Waals surface area contributed by atoms with Crippen LogP contribution in [-0.4, -0.2) is 20.0 Å². The fourth-order valence-corrected chi connectivity index (χ4v) is 2.48. The van der Waals surface area contributed by atoms with E-state index in [1.807, 2.05) is 14.0 Å². The van der Waals surface area contributed by atoms with Crippen LogP contribution in [0, 0.1) is 12.7 Å². The Kier molecular flexibility index (Phi) is 3.19. The van der Waals surface area contributed by atoms with Crippen molar-refractivity contribution >= 4 is 22.2 Å².